The van der Waals surface area contributed by atoms with Gasteiger partial charge in [0.15, 0.2) is 17.6 Å². The molecule has 0 radical (unpaired) electrons. The summed E-state index contributed by atoms with van der Waals surface area (Å²) in [6.45, 7) is 2.20. The number of nitrogen functional groups attached to an aromatic ring is 1. The van der Waals surface area contributed by atoms with Gasteiger partial charge in [-0.3, -0.25) is 10.1 Å². The molecule has 2 amide bonds. The molecule has 0 fully saturated rings. The predicted octanol–water partition coefficient (Wildman–Crippen LogP) is 6.81. The summed E-state index contributed by atoms with van der Waals surface area (Å²) in [6.07, 6.45) is 1.89. The van der Waals surface area contributed by atoms with Gasteiger partial charge in [0.05, 0.1) is 30.3 Å². The molecular weight excluding hydrogens is 534 g/mol. The largest absolute Gasteiger partial charge is 0.504 e. The zero-order chi connectivity index (χ0) is 29.9. The fourth-order valence-corrected chi connectivity index (χ4v) is 4.60. The first-order valence-corrected chi connectivity index (χ1v) is 13.7. The fourth-order valence-electron chi connectivity index (χ4n) is 4.60. The van der Waals surface area contributed by atoms with Crippen LogP contribution in [0.5, 0.6) is 11.5 Å². The van der Waals surface area contributed by atoms with Gasteiger partial charge in [0, 0.05) is 12.0 Å². The molecule has 4 aromatic rings. The summed E-state index contributed by atoms with van der Waals surface area (Å²) < 4.78 is 17.2. The lowest BCUT2D eigenvalue weighted by Gasteiger charge is -2.27. The smallest absolute Gasteiger partial charge is 0.412 e. The van der Waals surface area contributed by atoms with Crippen LogP contribution in [0.15, 0.2) is 97.1 Å². The second-order valence-electron chi connectivity index (χ2n) is 9.46. The normalized spacial score (nSPS) is 12.5. The van der Waals surface area contributed by atoms with Crippen LogP contribution >= 0.6 is 0 Å². The zero-order valence-electron chi connectivity index (χ0n) is 23.6. The van der Waals surface area contributed by atoms with Crippen molar-refractivity contribution in [2.45, 2.75) is 32.0 Å². The molecule has 218 valence electrons. The van der Waals surface area contributed by atoms with Crippen LogP contribution < -0.4 is 21.1 Å². The molecule has 9 nitrogen and oxygen atoms in total. The number of allylic oxidation sites excluding steroid dienone is 1. The molecule has 9 heteroatoms. The number of aromatic hydroxyl groups is 1. The molecule has 4 rings (SSSR count). The number of phenols is 1. The minimum absolute atomic E-state index is 0.0925. The van der Waals surface area contributed by atoms with E-state index in [4.69, 9.17) is 19.9 Å². The summed E-state index contributed by atoms with van der Waals surface area (Å²) in [5.74, 6) is -0.119. The van der Waals surface area contributed by atoms with E-state index in [9.17, 15) is 14.7 Å². The lowest BCUT2D eigenvalue weighted by molar-refractivity contribution is -0.111. The van der Waals surface area contributed by atoms with E-state index < -0.39 is 18.3 Å². The number of ether oxygens (including phenoxy) is 3. The summed E-state index contributed by atoms with van der Waals surface area (Å²) in [5, 5.41) is 17.9. The van der Waals surface area contributed by atoms with Crippen LogP contribution in [0.1, 0.15) is 31.4 Å². The van der Waals surface area contributed by atoms with Crippen molar-refractivity contribution in [3.63, 3.8) is 0 Å². The van der Waals surface area contributed by atoms with E-state index in [2.05, 4.69) is 10.6 Å². The van der Waals surface area contributed by atoms with Gasteiger partial charge in [0.1, 0.15) is 0 Å². The number of benzene rings is 4. The highest BCUT2D eigenvalue weighted by Crippen LogP contribution is 2.34. The van der Waals surface area contributed by atoms with E-state index in [1.807, 2.05) is 43.3 Å². The van der Waals surface area contributed by atoms with Crippen molar-refractivity contribution in [1.82, 2.24) is 0 Å². The Kier molecular flexibility index (Phi) is 10.4. The van der Waals surface area contributed by atoms with E-state index in [-0.39, 0.29) is 11.7 Å². The van der Waals surface area contributed by atoms with E-state index in [0.29, 0.717) is 47.8 Å². The van der Waals surface area contributed by atoms with Crippen molar-refractivity contribution in [1.29, 1.82) is 0 Å². The van der Waals surface area contributed by atoms with Gasteiger partial charge >= 0.3 is 6.09 Å². The third-order valence-corrected chi connectivity index (χ3v) is 6.62. The molecule has 0 bridgehead atoms. The molecular formula is C33H35N3O6. The summed E-state index contributed by atoms with van der Waals surface area (Å²) in [6, 6.07) is 25.1. The Hall–Kier alpha value is -5.02. The number of rotatable bonds is 12. The topological polar surface area (TPSA) is 132 Å². The number of carbonyl (C=O) groups excluding carboxylic acids is 2. The molecule has 0 saturated carbocycles. The van der Waals surface area contributed by atoms with E-state index in [1.165, 1.54) is 19.3 Å². The number of carbonyl (C=O) groups is 2. The molecule has 0 aliphatic rings. The molecule has 0 aliphatic heterocycles. The first kappa shape index (κ1) is 30.0. The number of para-hydroxylation sites is 2. The lowest BCUT2D eigenvalue weighted by Crippen LogP contribution is -2.29. The van der Waals surface area contributed by atoms with Gasteiger partial charge in [-0.05, 0) is 67.1 Å². The third-order valence-electron chi connectivity index (χ3n) is 6.62. The van der Waals surface area contributed by atoms with Crippen molar-refractivity contribution in [2.75, 3.05) is 30.1 Å². The Bertz CT molecular complexity index is 1550. The number of anilines is 3. The minimum Gasteiger partial charge on any atom is -0.504 e. The number of nitrogens with one attached hydrogen (secondary N) is 2. The van der Waals surface area contributed by atoms with Crippen molar-refractivity contribution in [3.8, 4) is 11.5 Å². The summed E-state index contributed by atoms with van der Waals surface area (Å²) in [5.41, 5.74) is 8.04. The lowest BCUT2D eigenvalue weighted by atomic mass is 9.99. The number of amides is 2. The molecule has 0 aliphatic carbocycles. The Morgan fingerprint density at radius 2 is 1.69 bits per heavy atom. The SMILES string of the molecule is CCO[C@H](CC/C=C/C(=O)Nc1ccccc1N)[C@H](OC(=O)Nc1cccc2ccccc12)c1ccc(OC)c(O)c1. The van der Waals surface area contributed by atoms with Crippen molar-refractivity contribution >= 4 is 39.8 Å². The van der Waals surface area contributed by atoms with Gasteiger partial charge in [-0.15, -0.1) is 0 Å². The molecule has 0 unspecified atom stereocenters. The number of nitrogens with two attached hydrogens (primary N) is 1. The Morgan fingerprint density at radius 3 is 2.45 bits per heavy atom. The minimum atomic E-state index is -0.872. The number of hydrogen-bond acceptors (Lipinski definition) is 7. The van der Waals surface area contributed by atoms with Gasteiger partial charge in [-0.2, -0.15) is 0 Å². The molecule has 0 spiro atoms. The Morgan fingerprint density at radius 1 is 0.952 bits per heavy atom. The van der Waals surface area contributed by atoms with Crippen LogP contribution in [0.25, 0.3) is 10.8 Å². The molecule has 42 heavy (non-hydrogen) atoms. The van der Waals surface area contributed by atoms with Crippen LogP contribution in [0.2, 0.25) is 0 Å². The Balaban J connectivity index is 1.51. The molecule has 4 aromatic carbocycles. The van der Waals surface area contributed by atoms with E-state index in [0.717, 1.165) is 10.8 Å². The van der Waals surface area contributed by atoms with Crippen LogP contribution in [0.4, 0.5) is 21.9 Å². The Labute approximate surface area is 244 Å². The van der Waals surface area contributed by atoms with E-state index >= 15 is 0 Å². The summed E-state index contributed by atoms with van der Waals surface area (Å²) in [7, 11) is 1.46. The van der Waals surface area contributed by atoms with Gasteiger partial charge in [-0.1, -0.05) is 60.7 Å². The molecule has 2 atom stereocenters. The first-order chi connectivity index (χ1) is 20.4. The second-order valence-corrected chi connectivity index (χ2v) is 9.46. The number of phenolic OH excluding ortho intramolecular Hbond substituents is 1. The first-order valence-electron chi connectivity index (χ1n) is 13.7. The maximum absolute atomic E-state index is 13.2. The van der Waals surface area contributed by atoms with Crippen molar-refractivity contribution < 1.29 is 28.9 Å². The molecule has 0 aromatic heterocycles. The molecule has 5 N–H and O–H groups in total. The van der Waals surface area contributed by atoms with Crippen molar-refractivity contribution in [2.24, 2.45) is 0 Å². The highest BCUT2D eigenvalue weighted by molar-refractivity contribution is 6.01. The maximum Gasteiger partial charge on any atom is 0.412 e. The summed E-state index contributed by atoms with van der Waals surface area (Å²) >= 11 is 0. The van der Waals surface area contributed by atoms with Crippen LogP contribution in [-0.2, 0) is 14.3 Å². The second kappa shape index (κ2) is 14.6. The molecule has 0 heterocycles. The van der Waals surface area contributed by atoms with Crippen molar-refractivity contribution in [3.05, 3.63) is 103 Å². The highest BCUT2D eigenvalue weighted by Gasteiger charge is 2.28. The van der Waals surface area contributed by atoms with Gasteiger partial charge in [0.25, 0.3) is 0 Å². The number of fused-ring (bicyclic) bond motifs is 1. The van der Waals surface area contributed by atoms with Gasteiger partial charge in [-0.25, -0.2) is 4.79 Å². The third kappa shape index (κ3) is 7.80. The van der Waals surface area contributed by atoms with E-state index in [1.54, 1.807) is 48.5 Å². The van der Waals surface area contributed by atoms with Gasteiger partial charge < -0.3 is 30.4 Å². The predicted molar refractivity (Wildman–Crippen MR) is 165 cm³/mol. The standard InChI is InChI=1S/C33H35N3O6/c1-3-41-30(17-8-9-18-31(38)35-27-15-7-6-14-25(27)34)32(23-19-20-29(40-2)28(37)21-23)42-33(39)36-26-16-10-12-22-11-4-5-13-24(22)26/h4-7,9-16,18-21,30,32,37H,3,8,17,34H2,1-2H3,(H,35,38)(H,36,39)/b18-9+/t30-,32-/m1/s1. The number of hydrogen-bond donors (Lipinski definition) is 4. The highest BCUT2D eigenvalue weighted by atomic mass is 16.6. The van der Waals surface area contributed by atoms with Gasteiger partial charge in [0.2, 0.25) is 5.91 Å². The fraction of sp³-hybridized carbons (Fsp3) is 0.212. The average Bonchev–Trinajstić information content (AvgIpc) is 2.99. The summed E-state index contributed by atoms with van der Waals surface area (Å²) in [4.78, 5) is 25.6. The van der Waals surface area contributed by atoms with Crippen LogP contribution in [0, 0.1) is 0 Å². The quantitative estimate of drug-likeness (QED) is 0.109. The monoisotopic (exact) mass is 569 g/mol. The van der Waals surface area contributed by atoms with Crippen LogP contribution in [0.3, 0.4) is 0 Å². The maximum atomic E-state index is 13.2. The molecule has 0 saturated heterocycles. The van der Waals surface area contributed by atoms with Crippen LogP contribution in [-0.4, -0.2) is 36.9 Å². The zero-order valence-corrected chi connectivity index (χ0v) is 23.6. The number of methoxy groups -OCH3 is 1. The average molecular weight is 570 g/mol.